The van der Waals surface area contributed by atoms with E-state index in [4.69, 9.17) is 0 Å². The molecule has 0 amide bonds. The molecule has 0 atom stereocenters. The summed E-state index contributed by atoms with van der Waals surface area (Å²) in [6.45, 7) is 1.65. The molecular formula is C17H23IN4S. The van der Waals surface area contributed by atoms with Gasteiger partial charge in [-0.1, -0.05) is 24.3 Å². The van der Waals surface area contributed by atoms with Crippen molar-refractivity contribution in [3.8, 4) is 11.3 Å². The van der Waals surface area contributed by atoms with Crippen LogP contribution in [0.5, 0.6) is 0 Å². The average Bonchev–Trinajstić information content (AvgIpc) is 2.59. The lowest BCUT2D eigenvalue weighted by molar-refractivity contribution is 0.833. The van der Waals surface area contributed by atoms with Crippen LogP contribution in [0.15, 0.2) is 53.7 Å². The Morgan fingerprint density at radius 1 is 1.17 bits per heavy atom. The predicted molar refractivity (Wildman–Crippen MR) is 112 cm³/mol. The first-order chi connectivity index (χ1) is 10.8. The van der Waals surface area contributed by atoms with Crippen molar-refractivity contribution in [2.75, 3.05) is 25.6 Å². The molecule has 2 aromatic rings. The molecule has 0 spiro atoms. The van der Waals surface area contributed by atoms with Crippen LogP contribution in [0.2, 0.25) is 0 Å². The summed E-state index contributed by atoms with van der Waals surface area (Å²) in [5, 5.41) is 6.63. The van der Waals surface area contributed by atoms with Crippen LogP contribution in [0, 0.1) is 0 Å². The molecule has 6 heteroatoms. The second-order valence-electron chi connectivity index (χ2n) is 4.76. The fourth-order valence-electron chi connectivity index (χ4n) is 2.05. The molecule has 0 saturated carbocycles. The predicted octanol–water partition coefficient (Wildman–Crippen LogP) is 3.39. The van der Waals surface area contributed by atoms with Gasteiger partial charge in [0.2, 0.25) is 0 Å². The molecule has 0 aliphatic heterocycles. The zero-order valence-electron chi connectivity index (χ0n) is 13.5. The van der Waals surface area contributed by atoms with E-state index in [1.165, 1.54) is 5.56 Å². The molecule has 2 rings (SSSR count). The van der Waals surface area contributed by atoms with E-state index in [-0.39, 0.29) is 24.0 Å². The van der Waals surface area contributed by atoms with Crippen molar-refractivity contribution in [2.45, 2.75) is 6.54 Å². The number of pyridine rings is 1. The lowest BCUT2D eigenvalue weighted by atomic mass is 10.1. The van der Waals surface area contributed by atoms with E-state index in [9.17, 15) is 0 Å². The van der Waals surface area contributed by atoms with Crippen LogP contribution in [0.25, 0.3) is 11.3 Å². The number of halogens is 1. The van der Waals surface area contributed by atoms with Gasteiger partial charge in [0.1, 0.15) is 0 Å². The minimum Gasteiger partial charge on any atom is -0.356 e. The molecule has 0 fully saturated rings. The highest BCUT2D eigenvalue weighted by molar-refractivity contribution is 14.0. The zero-order valence-corrected chi connectivity index (χ0v) is 16.6. The highest BCUT2D eigenvalue weighted by atomic mass is 127. The minimum absolute atomic E-state index is 0. The number of guanidine groups is 1. The number of rotatable bonds is 6. The summed E-state index contributed by atoms with van der Waals surface area (Å²) < 4.78 is 0. The largest absolute Gasteiger partial charge is 0.356 e. The Morgan fingerprint density at radius 2 is 2.04 bits per heavy atom. The third-order valence-electron chi connectivity index (χ3n) is 3.17. The number of hydrogen-bond donors (Lipinski definition) is 2. The molecule has 0 aliphatic rings. The van der Waals surface area contributed by atoms with Crippen molar-refractivity contribution >= 4 is 41.7 Å². The standard InChI is InChI=1S/C17H22N4S.HI/c1-18-17(20-10-11-22-2)21-13-14-6-5-7-15(12-14)16-8-3-4-9-19-16;/h3-9,12H,10-11,13H2,1-2H3,(H2,18,20,21);1H. The van der Waals surface area contributed by atoms with E-state index < -0.39 is 0 Å². The number of benzene rings is 1. The van der Waals surface area contributed by atoms with Gasteiger partial charge in [-0.3, -0.25) is 9.98 Å². The third-order valence-corrected chi connectivity index (χ3v) is 3.78. The van der Waals surface area contributed by atoms with Crippen LogP contribution >= 0.6 is 35.7 Å². The smallest absolute Gasteiger partial charge is 0.191 e. The maximum atomic E-state index is 4.39. The van der Waals surface area contributed by atoms with Gasteiger partial charge in [-0.15, -0.1) is 24.0 Å². The van der Waals surface area contributed by atoms with Gasteiger partial charge in [0.25, 0.3) is 0 Å². The lowest BCUT2D eigenvalue weighted by Gasteiger charge is -2.12. The van der Waals surface area contributed by atoms with E-state index >= 15 is 0 Å². The molecule has 0 radical (unpaired) electrons. The molecular weight excluding hydrogens is 419 g/mol. The van der Waals surface area contributed by atoms with E-state index in [1.54, 1.807) is 7.05 Å². The Balaban J connectivity index is 0.00000264. The van der Waals surface area contributed by atoms with Gasteiger partial charge in [0.15, 0.2) is 5.96 Å². The first-order valence-corrected chi connectivity index (χ1v) is 8.66. The normalized spacial score (nSPS) is 10.8. The van der Waals surface area contributed by atoms with Crippen LogP contribution in [-0.2, 0) is 6.54 Å². The van der Waals surface area contributed by atoms with Crippen molar-refractivity contribution in [2.24, 2.45) is 4.99 Å². The average molecular weight is 442 g/mol. The molecule has 0 bridgehead atoms. The summed E-state index contributed by atoms with van der Waals surface area (Å²) in [6, 6.07) is 14.4. The van der Waals surface area contributed by atoms with Crippen molar-refractivity contribution in [3.05, 3.63) is 54.2 Å². The lowest BCUT2D eigenvalue weighted by Crippen LogP contribution is -2.37. The second-order valence-corrected chi connectivity index (χ2v) is 5.75. The van der Waals surface area contributed by atoms with E-state index in [1.807, 2.05) is 36.2 Å². The van der Waals surface area contributed by atoms with Crippen molar-refractivity contribution in [1.82, 2.24) is 15.6 Å². The Morgan fingerprint density at radius 3 is 2.74 bits per heavy atom. The maximum Gasteiger partial charge on any atom is 0.191 e. The van der Waals surface area contributed by atoms with Crippen molar-refractivity contribution < 1.29 is 0 Å². The van der Waals surface area contributed by atoms with Crippen LogP contribution in [0.3, 0.4) is 0 Å². The van der Waals surface area contributed by atoms with Crippen LogP contribution in [0.4, 0.5) is 0 Å². The van der Waals surface area contributed by atoms with Crippen LogP contribution in [0.1, 0.15) is 5.56 Å². The van der Waals surface area contributed by atoms with Gasteiger partial charge in [-0.25, -0.2) is 0 Å². The van der Waals surface area contributed by atoms with E-state index in [0.717, 1.165) is 36.1 Å². The Kier molecular flexibility index (Phi) is 9.70. The summed E-state index contributed by atoms with van der Waals surface area (Å²) in [5.74, 6) is 1.90. The fraction of sp³-hybridized carbons (Fsp3) is 0.294. The molecule has 4 nitrogen and oxygen atoms in total. The molecule has 0 unspecified atom stereocenters. The monoisotopic (exact) mass is 442 g/mol. The molecule has 1 heterocycles. The molecule has 23 heavy (non-hydrogen) atoms. The van der Waals surface area contributed by atoms with E-state index in [2.05, 4.69) is 51.1 Å². The van der Waals surface area contributed by atoms with Gasteiger partial charge < -0.3 is 10.6 Å². The fourth-order valence-corrected chi connectivity index (χ4v) is 2.36. The second kappa shape index (κ2) is 11.3. The summed E-state index contributed by atoms with van der Waals surface area (Å²) in [6.07, 6.45) is 3.92. The van der Waals surface area contributed by atoms with Gasteiger partial charge in [0.05, 0.1) is 5.69 Å². The number of aliphatic imine (C=N–C) groups is 1. The van der Waals surface area contributed by atoms with Gasteiger partial charge in [-0.05, 0) is 30.0 Å². The van der Waals surface area contributed by atoms with Gasteiger partial charge in [0, 0.05) is 37.7 Å². The minimum atomic E-state index is 0. The van der Waals surface area contributed by atoms with Gasteiger partial charge >= 0.3 is 0 Å². The first kappa shape index (κ1) is 19.8. The number of aromatic nitrogens is 1. The topological polar surface area (TPSA) is 49.3 Å². The first-order valence-electron chi connectivity index (χ1n) is 7.27. The summed E-state index contributed by atoms with van der Waals surface area (Å²) in [4.78, 5) is 8.62. The van der Waals surface area contributed by atoms with Crippen LogP contribution < -0.4 is 10.6 Å². The Labute approximate surface area is 159 Å². The van der Waals surface area contributed by atoms with Gasteiger partial charge in [-0.2, -0.15) is 11.8 Å². The Hall–Kier alpha value is -1.28. The summed E-state index contributed by atoms with van der Waals surface area (Å²) in [5.41, 5.74) is 3.33. The molecule has 0 aliphatic carbocycles. The van der Waals surface area contributed by atoms with Crippen LogP contribution in [-0.4, -0.2) is 36.5 Å². The number of nitrogens with one attached hydrogen (secondary N) is 2. The zero-order chi connectivity index (χ0) is 15.6. The maximum absolute atomic E-state index is 4.39. The van der Waals surface area contributed by atoms with E-state index in [0.29, 0.717) is 0 Å². The third kappa shape index (κ3) is 6.78. The molecule has 2 N–H and O–H groups in total. The quantitative estimate of drug-likeness (QED) is 0.312. The number of nitrogens with zero attached hydrogens (tertiary/aromatic N) is 2. The van der Waals surface area contributed by atoms with Crippen molar-refractivity contribution in [3.63, 3.8) is 0 Å². The van der Waals surface area contributed by atoms with Crippen molar-refractivity contribution in [1.29, 1.82) is 0 Å². The summed E-state index contributed by atoms with van der Waals surface area (Å²) in [7, 11) is 1.79. The highest BCUT2D eigenvalue weighted by Crippen LogP contribution is 2.17. The molecule has 1 aromatic heterocycles. The molecule has 1 aromatic carbocycles. The Bertz CT molecular complexity index is 605. The molecule has 124 valence electrons. The summed E-state index contributed by atoms with van der Waals surface area (Å²) >= 11 is 1.82. The number of thioether (sulfide) groups is 1. The number of hydrogen-bond acceptors (Lipinski definition) is 3. The SMILES string of the molecule is CN=C(NCCSC)NCc1cccc(-c2ccccn2)c1.I. The molecule has 0 saturated heterocycles. The highest BCUT2D eigenvalue weighted by Gasteiger charge is 2.01.